The molecule has 0 spiro atoms. The summed E-state index contributed by atoms with van der Waals surface area (Å²) in [4.78, 5) is 37.3. The van der Waals surface area contributed by atoms with Gasteiger partial charge in [0.05, 0.1) is 34.4 Å². The molecule has 0 saturated carbocycles. The minimum atomic E-state index is -1.52. The average Bonchev–Trinajstić information content (AvgIpc) is 3.31. The van der Waals surface area contributed by atoms with Gasteiger partial charge in [0, 0.05) is 12.8 Å². The van der Waals surface area contributed by atoms with E-state index in [0.717, 1.165) is 57.8 Å². The highest BCUT2D eigenvalue weighted by molar-refractivity contribution is 5.71. The van der Waals surface area contributed by atoms with Crippen LogP contribution in [0.1, 0.15) is 258 Å². The zero-order valence-electron chi connectivity index (χ0n) is 45.7. The Morgan fingerprint density at radius 1 is 0.449 bits per heavy atom. The number of carbonyl (C=O) groups is 3. The second-order valence-corrected chi connectivity index (χ2v) is 20.6. The molecule has 0 rings (SSSR count). The standard InChI is InChI=1S/C60H109NO8/c1-6-8-10-12-14-16-18-20-22-23-24-25-26-27-28-29-30-31-32-33-34-35-37-38-40-42-44-46-48-50-57(62)67-54-56(55-68-60(59(64)65)66-53-52-61(3,4)5)69-58(63)51-49-47-45-43-41-39-36-21-19-17-15-13-11-9-7-2/h9,11,15,17,21,36,41,43,56,60H,6-8,10,12-14,16,18-20,22-35,37-40,42,44-55H2,1-5H3/p+1/b11-9-,17-15-,36-21-,43-41-. The highest BCUT2D eigenvalue weighted by Crippen LogP contribution is 2.17. The fourth-order valence-electron chi connectivity index (χ4n) is 8.18. The number of carboxylic acid groups (broad SMARTS) is 1. The van der Waals surface area contributed by atoms with Crippen LogP contribution in [0.15, 0.2) is 48.6 Å². The van der Waals surface area contributed by atoms with Crippen molar-refractivity contribution in [3.63, 3.8) is 0 Å². The molecule has 69 heavy (non-hydrogen) atoms. The SMILES string of the molecule is CC/C=C\C/C=C\C/C=C\C/C=C\CCCCC(=O)OC(COC(=O)CCCCCCCCCCCCCCCCCCCCCCCCCCCCCCC)COC(OCC[N+](C)(C)C)C(=O)O. The van der Waals surface area contributed by atoms with Crippen LogP contribution >= 0.6 is 0 Å². The van der Waals surface area contributed by atoms with E-state index < -0.39 is 24.3 Å². The van der Waals surface area contributed by atoms with Crippen molar-refractivity contribution in [2.24, 2.45) is 0 Å². The molecule has 0 aliphatic heterocycles. The summed E-state index contributed by atoms with van der Waals surface area (Å²) in [5, 5.41) is 9.68. The fourth-order valence-corrected chi connectivity index (χ4v) is 8.18. The molecule has 0 fully saturated rings. The maximum absolute atomic E-state index is 12.8. The van der Waals surface area contributed by atoms with Crippen LogP contribution in [0.5, 0.6) is 0 Å². The molecule has 2 atom stereocenters. The van der Waals surface area contributed by atoms with Crippen molar-refractivity contribution in [1.82, 2.24) is 0 Å². The molecule has 1 N–H and O–H groups in total. The number of aliphatic carboxylic acids is 1. The molecular weight excluding hydrogens is 863 g/mol. The highest BCUT2D eigenvalue weighted by atomic mass is 16.7. The number of esters is 2. The zero-order valence-corrected chi connectivity index (χ0v) is 45.7. The van der Waals surface area contributed by atoms with Gasteiger partial charge in [0.2, 0.25) is 0 Å². The number of quaternary nitrogens is 1. The third-order valence-corrected chi connectivity index (χ3v) is 12.6. The third kappa shape index (κ3) is 52.9. The Bertz CT molecular complexity index is 1270. The summed E-state index contributed by atoms with van der Waals surface area (Å²) in [6, 6.07) is 0. The normalized spacial score (nSPS) is 13.1. The van der Waals surface area contributed by atoms with Crippen LogP contribution in [0.3, 0.4) is 0 Å². The van der Waals surface area contributed by atoms with Crippen LogP contribution in [0.4, 0.5) is 0 Å². The fraction of sp³-hybridized carbons (Fsp3) is 0.817. The van der Waals surface area contributed by atoms with Gasteiger partial charge >= 0.3 is 17.9 Å². The van der Waals surface area contributed by atoms with Gasteiger partial charge in [0.15, 0.2) is 6.10 Å². The van der Waals surface area contributed by atoms with Gasteiger partial charge < -0.3 is 28.5 Å². The molecule has 0 aliphatic carbocycles. The third-order valence-electron chi connectivity index (χ3n) is 12.6. The van der Waals surface area contributed by atoms with Gasteiger partial charge in [0.25, 0.3) is 6.29 Å². The van der Waals surface area contributed by atoms with Crippen LogP contribution in [0.2, 0.25) is 0 Å². The second kappa shape index (κ2) is 51.6. The lowest BCUT2D eigenvalue weighted by Crippen LogP contribution is -2.40. The Balaban J connectivity index is 4.14. The molecule has 402 valence electrons. The minimum absolute atomic E-state index is 0.179. The molecule has 0 aromatic heterocycles. The Morgan fingerprint density at radius 3 is 1.23 bits per heavy atom. The molecule has 9 nitrogen and oxygen atoms in total. The van der Waals surface area contributed by atoms with Crippen molar-refractivity contribution in [2.45, 2.75) is 270 Å². The molecular formula is C60H110NO8+. The first kappa shape index (κ1) is 66.2. The summed E-state index contributed by atoms with van der Waals surface area (Å²) >= 11 is 0. The Morgan fingerprint density at radius 2 is 0.826 bits per heavy atom. The Kier molecular flexibility index (Phi) is 49.5. The highest BCUT2D eigenvalue weighted by Gasteiger charge is 2.25. The molecule has 9 heteroatoms. The second-order valence-electron chi connectivity index (χ2n) is 20.6. The van der Waals surface area contributed by atoms with Gasteiger partial charge in [0.1, 0.15) is 13.2 Å². The number of carboxylic acids is 1. The average molecular weight is 974 g/mol. The lowest BCUT2D eigenvalue weighted by Gasteiger charge is -2.25. The Labute approximate surface area is 425 Å². The summed E-state index contributed by atoms with van der Waals surface area (Å²) in [6.07, 6.45) is 60.8. The van der Waals surface area contributed by atoms with Crippen molar-refractivity contribution in [1.29, 1.82) is 0 Å². The number of allylic oxidation sites excluding steroid dienone is 8. The molecule has 0 saturated heterocycles. The van der Waals surface area contributed by atoms with Gasteiger partial charge in [-0.05, 0) is 51.4 Å². The van der Waals surface area contributed by atoms with E-state index in [1.54, 1.807) is 0 Å². The van der Waals surface area contributed by atoms with Crippen molar-refractivity contribution < 1.29 is 42.9 Å². The summed E-state index contributed by atoms with van der Waals surface area (Å²) in [5.74, 6) is -2.05. The maximum Gasteiger partial charge on any atom is 0.361 e. The smallest absolute Gasteiger partial charge is 0.361 e. The first-order chi connectivity index (χ1) is 33.6. The lowest BCUT2D eigenvalue weighted by atomic mass is 10.0. The first-order valence-electron chi connectivity index (χ1n) is 28.8. The van der Waals surface area contributed by atoms with E-state index in [1.165, 1.54) is 167 Å². The maximum atomic E-state index is 12.8. The van der Waals surface area contributed by atoms with Crippen LogP contribution in [0, 0.1) is 0 Å². The van der Waals surface area contributed by atoms with Gasteiger partial charge in [-0.25, -0.2) is 4.79 Å². The van der Waals surface area contributed by atoms with Crippen molar-refractivity contribution in [3.05, 3.63) is 48.6 Å². The van der Waals surface area contributed by atoms with E-state index in [0.29, 0.717) is 23.9 Å². The van der Waals surface area contributed by atoms with E-state index in [2.05, 4.69) is 62.5 Å². The molecule has 2 unspecified atom stereocenters. The number of ether oxygens (including phenoxy) is 4. The topological polar surface area (TPSA) is 108 Å². The zero-order chi connectivity index (χ0) is 50.6. The summed E-state index contributed by atoms with van der Waals surface area (Å²) in [7, 11) is 5.95. The quantitative estimate of drug-likeness (QED) is 0.0211. The summed E-state index contributed by atoms with van der Waals surface area (Å²) in [6.45, 7) is 4.74. The predicted molar refractivity (Wildman–Crippen MR) is 290 cm³/mol. The number of rotatable bonds is 53. The number of carbonyl (C=O) groups excluding carboxylic acids is 2. The van der Waals surface area contributed by atoms with Crippen LogP contribution < -0.4 is 0 Å². The number of nitrogens with zero attached hydrogens (tertiary/aromatic N) is 1. The van der Waals surface area contributed by atoms with Crippen LogP contribution in [-0.2, 0) is 33.3 Å². The number of unbranched alkanes of at least 4 members (excludes halogenated alkanes) is 30. The predicted octanol–water partition coefficient (Wildman–Crippen LogP) is 16.7. The number of hydrogen-bond acceptors (Lipinski definition) is 7. The largest absolute Gasteiger partial charge is 0.477 e. The first-order valence-corrected chi connectivity index (χ1v) is 28.8. The number of hydrogen-bond donors (Lipinski definition) is 1. The molecule has 0 aromatic rings. The van der Waals surface area contributed by atoms with Crippen molar-refractivity contribution in [2.75, 3.05) is 47.5 Å². The van der Waals surface area contributed by atoms with E-state index in [4.69, 9.17) is 18.9 Å². The monoisotopic (exact) mass is 973 g/mol. The van der Waals surface area contributed by atoms with Crippen LogP contribution in [-0.4, -0.2) is 87.4 Å². The van der Waals surface area contributed by atoms with Crippen molar-refractivity contribution in [3.8, 4) is 0 Å². The molecule has 0 aromatic carbocycles. The molecule has 0 amide bonds. The van der Waals surface area contributed by atoms with Crippen molar-refractivity contribution >= 4 is 17.9 Å². The van der Waals surface area contributed by atoms with E-state index in [1.807, 2.05) is 21.1 Å². The Hall–Kier alpha value is -2.75. The molecule has 0 heterocycles. The van der Waals surface area contributed by atoms with E-state index >= 15 is 0 Å². The summed E-state index contributed by atoms with van der Waals surface area (Å²) in [5.41, 5.74) is 0. The van der Waals surface area contributed by atoms with E-state index in [9.17, 15) is 19.5 Å². The summed E-state index contributed by atoms with van der Waals surface area (Å²) < 4.78 is 22.8. The van der Waals surface area contributed by atoms with Gasteiger partial charge in [-0.1, -0.05) is 242 Å². The molecule has 0 bridgehead atoms. The molecule has 0 radical (unpaired) electrons. The lowest BCUT2D eigenvalue weighted by molar-refractivity contribution is -0.870. The minimum Gasteiger partial charge on any atom is -0.477 e. The molecule has 0 aliphatic rings. The van der Waals surface area contributed by atoms with E-state index in [-0.39, 0.29) is 32.2 Å². The number of likely N-dealkylation sites (N-methyl/N-ethyl adjacent to an activating group) is 1. The van der Waals surface area contributed by atoms with Gasteiger partial charge in [-0.2, -0.15) is 0 Å². The van der Waals surface area contributed by atoms with Gasteiger partial charge in [-0.15, -0.1) is 0 Å². The van der Waals surface area contributed by atoms with Gasteiger partial charge in [-0.3, -0.25) is 9.59 Å². The van der Waals surface area contributed by atoms with Crippen LogP contribution in [0.25, 0.3) is 0 Å².